The van der Waals surface area contributed by atoms with Crippen molar-refractivity contribution in [1.82, 2.24) is 4.90 Å². The SMILES string of the molecule is CC(C)N(C(=O)[C@@H](C)OC(=O)c1ccc2ccccc2c1O)C(C)C. The van der Waals surface area contributed by atoms with E-state index in [1.165, 1.54) is 6.07 Å². The number of ether oxygens (including phenoxy) is 1. The van der Waals surface area contributed by atoms with E-state index in [1.807, 2.05) is 39.8 Å². The fraction of sp³-hybridized carbons (Fsp3) is 0.400. The van der Waals surface area contributed by atoms with Gasteiger partial charge in [-0.2, -0.15) is 0 Å². The third-order valence-corrected chi connectivity index (χ3v) is 4.12. The number of phenolic OH excluding ortho intramolecular Hbond substituents is 1. The molecule has 0 aliphatic heterocycles. The molecule has 0 aliphatic carbocycles. The molecule has 0 bridgehead atoms. The van der Waals surface area contributed by atoms with Gasteiger partial charge in [-0.15, -0.1) is 0 Å². The number of esters is 1. The zero-order valence-electron chi connectivity index (χ0n) is 15.3. The summed E-state index contributed by atoms with van der Waals surface area (Å²) in [7, 11) is 0. The molecule has 2 rings (SSSR count). The molecule has 2 aromatic carbocycles. The molecule has 5 heteroatoms. The Morgan fingerprint density at radius 2 is 1.56 bits per heavy atom. The minimum atomic E-state index is -0.928. The number of carbonyl (C=O) groups excluding carboxylic acids is 2. The molecule has 0 fully saturated rings. The van der Waals surface area contributed by atoms with Crippen LogP contribution in [0.2, 0.25) is 0 Å². The zero-order chi connectivity index (χ0) is 18.7. The lowest BCUT2D eigenvalue weighted by atomic mass is 10.1. The normalized spacial score (nSPS) is 12.4. The Morgan fingerprint density at radius 1 is 0.960 bits per heavy atom. The van der Waals surface area contributed by atoms with Crippen molar-refractivity contribution in [2.45, 2.75) is 52.8 Å². The largest absolute Gasteiger partial charge is 0.506 e. The summed E-state index contributed by atoms with van der Waals surface area (Å²) >= 11 is 0. The van der Waals surface area contributed by atoms with Crippen molar-refractivity contribution in [3.63, 3.8) is 0 Å². The Bertz CT molecular complexity index is 774. The van der Waals surface area contributed by atoms with E-state index in [1.54, 1.807) is 30.0 Å². The number of fused-ring (bicyclic) bond motifs is 1. The summed E-state index contributed by atoms with van der Waals surface area (Å²) in [6.07, 6.45) is -0.928. The molecule has 0 unspecified atom stereocenters. The van der Waals surface area contributed by atoms with Crippen molar-refractivity contribution in [3.8, 4) is 5.75 Å². The van der Waals surface area contributed by atoms with Gasteiger partial charge in [0.1, 0.15) is 11.3 Å². The Labute approximate surface area is 148 Å². The quantitative estimate of drug-likeness (QED) is 0.840. The molecule has 134 valence electrons. The van der Waals surface area contributed by atoms with Crippen LogP contribution in [0.15, 0.2) is 36.4 Å². The van der Waals surface area contributed by atoms with Crippen LogP contribution in [0.1, 0.15) is 45.0 Å². The topological polar surface area (TPSA) is 66.8 Å². The van der Waals surface area contributed by atoms with Gasteiger partial charge in [0.05, 0.1) is 0 Å². The lowest BCUT2D eigenvalue weighted by Crippen LogP contribution is -2.47. The van der Waals surface area contributed by atoms with Crippen molar-refractivity contribution in [2.75, 3.05) is 0 Å². The molecule has 1 N–H and O–H groups in total. The summed E-state index contributed by atoms with van der Waals surface area (Å²) in [5, 5.41) is 11.8. The zero-order valence-corrected chi connectivity index (χ0v) is 15.3. The minimum Gasteiger partial charge on any atom is -0.506 e. The van der Waals surface area contributed by atoms with E-state index in [0.29, 0.717) is 5.39 Å². The van der Waals surface area contributed by atoms with Gasteiger partial charge < -0.3 is 14.7 Å². The molecule has 1 atom stereocenters. The van der Waals surface area contributed by atoms with E-state index < -0.39 is 12.1 Å². The van der Waals surface area contributed by atoms with E-state index in [0.717, 1.165) is 5.39 Å². The van der Waals surface area contributed by atoms with Crippen LogP contribution in [0.5, 0.6) is 5.75 Å². The molecule has 0 aliphatic rings. The average molecular weight is 343 g/mol. The maximum absolute atomic E-state index is 12.6. The molecule has 0 radical (unpaired) electrons. The number of amides is 1. The molecule has 5 nitrogen and oxygen atoms in total. The predicted molar refractivity (Wildman–Crippen MR) is 97.6 cm³/mol. The van der Waals surface area contributed by atoms with E-state index >= 15 is 0 Å². The molecular formula is C20H25NO4. The number of carbonyl (C=O) groups is 2. The van der Waals surface area contributed by atoms with Crippen molar-refractivity contribution in [1.29, 1.82) is 0 Å². The van der Waals surface area contributed by atoms with E-state index in [9.17, 15) is 14.7 Å². The first-order valence-corrected chi connectivity index (χ1v) is 8.48. The first-order chi connectivity index (χ1) is 11.7. The predicted octanol–water partition coefficient (Wildman–Crippen LogP) is 3.74. The van der Waals surface area contributed by atoms with Gasteiger partial charge in [-0.05, 0) is 46.1 Å². The Balaban J connectivity index is 2.22. The molecule has 1 amide bonds. The van der Waals surface area contributed by atoms with Gasteiger partial charge in [0.2, 0.25) is 0 Å². The van der Waals surface area contributed by atoms with Gasteiger partial charge in [0.15, 0.2) is 6.10 Å². The van der Waals surface area contributed by atoms with Crippen LogP contribution < -0.4 is 0 Å². The number of benzene rings is 2. The number of nitrogens with zero attached hydrogens (tertiary/aromatic N) is 1. The van der Waals surface area contributed by atoms with Crippen molar-refractivity contribution >= 4 is 22.6 Å². The van der Waals surface area contributed by atoms with Gasteiger partial charge in [0, 0.05) is 17.5 Å². The Kier molecular flexibility index (Phi) is 5.67. The molecule has 0 spiro atoms. The highest BCUT2D eigenvalue weighted by Crippen LogP contribution is 2.29. The second kappa shape index (κ2) is 7.55. The van der Waals surface area contributed by atoms with Crippen LogP contribution in [0, 0.1) is 0 Å². The number of hydrogen-bond donors (Lipinski definition) is 1. The molecule has 25 heavy (non-hydrogen) atoms. The maximum Gasteiger partial charge on any atom is 0.342 e. The van der Waals surface area contributed by atoms with Gasteiger partial charge in [-0.3, -0.25) is 4.79 Å². The van der Waals surface area contributed by atoms with E-state index in [-0.39, 0.29) is 29.3 Å². The summed E-state index contributed by atoms with van der Waals surface area (Å²) < 4.78 is 5.32. The summed E-state index contributed by atoms with van der Waals surface area (Å²) in [5.74, 6) is -1.09. The van der Waals surface area contributed by atoms with Crippen LogP contribution >= 0.6 is 0 Å². The summed E-state index contributed by atoms with van der Waals surface area (Å²) in [6.45, 7) is 9.22. The standard InChI is InChI=1S/C20H25NO4/c1-12(2)21(13(3)4)19(23)14(5)25-20(24)17-11-10-15-8-6-7-9-16(15)18(17)22/h6-14,22H,1-5H3/t14-/m1/s1. The number of rotatable bonds is 5. The molecular weight excluding hydrogens is 318 g/mol. The monoisotopic (exact) mass is 343 g/mol. The number of phenols is 1. The minimum absolute atomic E-state index is 0.00252. The fourth-order valence-electron chi connectivity index (χ4n) is 3.01. The van der Waals surface area contributed by atoms with Gasteiger partial charge in [0.25, 0.3) is 5.91 Å². The van der Waals surface area contributed by atoms with Crippen LogP contribution in [0.25, 0.3) is 10.8 Å². The van der Waals surface area contributed by atoms with Crippen molar-refractivity contribution in [3.05, 3.63) is 42.0 Å². The van der Waals surface area contributed by atoms with Gasteiger partial charge >= 0.3 is 5.97 Å². The summed E-state index contributed by atoms with van der Waals surface area (Å²) in [4.78, 5) is 26.7. The highest BCUT2D eigenvalue weighted by Gasteiger charge is 2.28. The maximum atomic E-state index is 12.6. The second-order valence-electron chi connectivity index (χ2n) is 6.66. The number of hydrogen-bond acceptors (Lipinski definition) is 4. The van der Waals surface area contributed by atoms with Crippen LogP contribution in [-0.4, -0.2) is 40.1 Å². The molecule has 2 aromatic rings. The van der Waals surface area contributed by atoms with Gasteiger partial charge in [-0.1, -0.05) is 30.3 Å². The molecule has 0 saturated carbocycles. The van der Waals surface area contributed by atoms with E-state index in [4.69, 9.17) is 4.74 Å². The van der Waals surface area contributed by atoms with Crippen LogP contribution in [0.3, 0.4) is 0 Å². The highest BCUT2D eigenvalue weighted by molar-refractivity contribution is 6.01. The van der Waals surface area contributed by atoms with Gasteiger partial charge in [-0.25, -0.2) is 4.79 Å². The average Bonchev–Trinajstić information content (AvgIpc) is 2.54. The highest BCUT2D eigenvalue weighted by atomic mass is 16.5. The molecule has 0 saturated heterocycles. The summed E-state index contributed by atoms with van der Waals surface area (Å²) in [6, 6.07) is 10.5. The van der Waals surface area contributed by atoms with Crippen molar-refractivity contribution < 1.29 is 19.4 Å². The third kappa shape index (κ3) is 3.92. The smallest absolute Gasteiger partial charge is 0.342 e. The Hall–Kier alpha value is -2.56. The van der Waals surface area contributed by atoms with E-state index in [2.05, 4.69) is 0 Å². The number of aromatic hydroxyl groups is 1. The third-order valence-electron chi connectivity index (χ3n) is 4.12. The summed E-state index contributed by atoms with van der Waals surface area (Å²) in [5.41, 5.74) is 0.0546. The lowest BCUT2D eigenvalue weighted by molar-refractivity contribution is -0.143. The fourth-order valence-corrected chi connectivity index (χ4v) is 3.01. The van der Waals surface area contributed by atoms with Crippen LogP contribution in [0.4, 0.5) is 0 Å². The second-order valence-corrected chi connectivity index (χ2v) is 6.66. The Morgan fingerprint density at radius 3 is 2.16 bits per heavy atom. The van der Waals surface area contributed by atoms with Crippen molar-refractivity contribution in [2.24, 2.45) is 0 Å². The first kappa shape index (κ1) is 18.8. The van der Waals surface area contributed by atoms with Crippen LogP contribution in [-0.2, 0) is 9.53 Å². The molecule has 0 heterocycles. The molecule has 0 aromatic heterocycles. The first-order valence-electron chi connectivity index (χ1n) is 8.48. The lowest BCUT2D eigenvalue weighted by Gasteiger charge is -2.32.